The smallest absolute Gasteiger partial charge is 0.160 e. The molecule has 0 aliphatic rings. The second-order valence-corrected chi connectivity index (χ2v) is 3.66. The summed E-state index contributed by atoms with van der Waals surface area (Å²) in [6.45, 7) is 9.15. The SMILES string of the molecule is CCc1nn(CC)c(C(C)CC)c1O. The van der Waals surface area contributed by atoms with Crippen LogP contribution in [0.25, 0.3) is 0 Å². The van der Waals surface area contributed by atoms with Crippen LogP contribution in [0.5, 0.6) is 5.75 Å². The first-order chi connectivity index (χ1) is 6.65. The van der Waals surface area contributed by atoms with Gasteiger partial charge in [-0.1, -0.05) is 20.8 Å². The highest BCUT2D eigenvalue weighted by Crippen LogP contribution is 2.31. The number of hydrogen-bond acceptors (Lipinski definition) is 2. The molecule has 0 aliphatic carbocycles. The molecule has 1 N–H and O–H groups in total. The van der Waals surface area contributed by atoms with Crippen LogP contribution in [-0.4, -0.2) is 14.9 Å². The molecule has 3 nitrogen and oxygen atoms in total. The average Bonchev–Trinajstić information content (AvgIpc) is 2.53. The maximum atomic E-state index is 9.96. The largest absolute Gasteiger partial charge is 0.504 e. The van der Waals surface area contributed by atoms with E-state index in [0.29, 0.717) is 11.7 Å². The van der Waals surface area contributed by atoms with Gasteiger partial charge in [-0.2, -0.15) is 5.10 Å². The van der Waals surface area contributed by atoms with Gasteiger partial charge >= 0.3 is 0 Å². The predicted octanol–water partition coefficient (Wildman–Crippen LogP) is 2.68. The van der Waals surface area contributed by atoms with Gasteiger partial charge in [0, 0.05) is 12.5 Å². The van der Waals surface area contributed by atoms with E-state index in [2.05, 4.69) is 25.9 Å². The highest BCUT2D eigenvalue weighted by atomic mass is 16.3. The molecule has 0 fully saturated rings. The van der Waals surface area contributed by atoms with Crippen molar-refractivity contribution in [2.24, 2.45) is 0 Å². The Kier molecular flexibility index (Phi) is 3.55. The number of rotatable bonds is 4. The molecule has 1 aromatic rings. The summed E-state index contributed by atoms with van der Waals surface area (Å²) in [7, 11) is 0. The Morgan fingerprint density at radius 2 is 2.00 bits per heavy atom. The molecule has 80 valence electrons. The number of aryl methyl sites for hydroxylation is 2. The Balaban J connectivity index is 3.17. The molecular weight excluding hydrogens is 176 g/mol. The first-order valence-electron chi connectivity index (χ1n) is 5.44. The van der Waals surface area contributed by atoms with Gasteiger partial charge in [-0.25, -0.2) is 0 Å². The van der Waals surface area contributed by atoms with E-state index in [0.717, 1.165) is 30.8 Å². The van der Waals surface area contributed by atoms with Crippen molar-refractivity contribution in [1.29, 1.82) is 0 Å². The summed E-state index contributed by atoms with van der Waals surface area (Å²) >= 11 is 0. The molecule has 0 aliphatic heterocycles. The molecule has 1 heterocycles. The summed E-state index contributed by atoms with van der Waals surface area (Å²) in [5, 5.41) is 14.3. The van der Waals surface area contributed by atoms with Crippen LogP contribution in [0, 0.1) is 0 Å². The van der Waals surface area contributed by atoms with Crippen LogP contribution in [0.4, 0.5) is 0 Å². The lowest BCUT2D eigenvalue weighted by atomic mass is 10.0. The summed E-state index contributed by atoms with van der Waals surface area (Å²) < 4.78 is 1.92. The fourth-order valence-corrected chi connectivity index (χ4v) is 1.68. The van der Waals surface area contributed by atoms with Crippen molar-refractivity contribution in [2.45, 2.75) is 53.0 Å². The van der Waals surface area contributed by atoms with Gasteiger partial charge in [0.1, 0.15) is 5.69 Å². The van der Waals surface area contributed by atoms with Crippen molar-refractivity contribution in [2.75, 3.05) is 0 Å². The first kappa shape index (κ1) is 11.1. The Morgan fingerprint density at radius 3 is 2.43 bits per heavy atom. The van der Waals surface area contributed by atoms with Crippen LogP contribution >= 0.6 is 0 Å². The molecule has 1 rings (SSSR count). The fraction of sp³-hybridized carbons (Fsp3) is 0.727. The molecule has 1 unspecified atom stereocenters. The monoisotopic (exact) mass is 196 g/mol. The lowest BCUT2D eigenvalue weighted by molar-refractivity contribution is 0.449. The molecule has 0 saturated carbocycles. The van der Waals surface area contributed by atoms with Crippen molar-refractivity contribution in [1.82, 2.24) is 9.78 Å². The third-order valence-electron chi connectivity index (χ3n) is 2.75. The number of hydrogen-bond donors (Lipinski definition) is 1. The van der Waals surface area contributed by atoms with E-state index in [-0.39, 0.29) is 0 Å². The zero-order valence-corrected chi connectivity index (χ0v) is 9.54. The standard InChI is InChI=1S/C11H20N2O/c1-5-8(4)10-11(14)9(6-2)12-13(10)7-3/h8,14H,5-7H2,1-4H3. The average molecular weight is 196 g/mol. The Bertz CT molecular complexity index is 304. The van der Waals surface area contributed by atoms with E-state index in [1.54, 1.807) is 0 Å². The van der Waals surface area contributed by atoms with Crippen LogP contribution in [0.2, 0.25) is 0 Å². The maximum absolute atomic E-state index is 9.96. The van der Waals surface area contributed by atoms with Crippen molar-refractivity contribution in [3.8, 4) is 5.75 Å². The zero-order valence-electron chi connectivity index (χ0n) is 9.54. The molecule has 3 heteroatoms. The van der Waals surface area contributed by atoms with E-state index in [1.807, 2.05) is 11.6 Å². The molecule has 0 amide bonds. The molecule has 0 bridgehead atoms. The molecular formula is C11H20N2O. The van der Waals surface area contributed by atoms with Gasteiger partial charge in [0.05, 0.1) is 5.69 Å². The summed E-state index contributed by atoms with van der Waals surface area (Å²) in [5.74, 6) is 0.784. The van der Waals surface area contributed by atoms with Crippen LogP contribution in [0.1, 0.15) is 51.4 Å². The predicted molar refractivity (Wildman–Crippen MR) is 57.6 cm³/mol. The normalized spacial score (nSPS) is 13.1. The third-order valence-corrected chi connectivity index (χ3v) is 2.75. The molecule has 0 spiro atoms. The van der Waals surface area contributed by atoms with E-state index >= 15 is 0 Å². The minimum Gasteiger partial charge on any atom is -0.504 e. The second-order valence-electron chi connectivity index (χ2n) is 3.66. The maximum Gasteiger partial charge on any atom is 0.160 e. The second kappa shape index (κ2) is 4.49. The summed E-state index contributed by atoms with van der Waals surface area (Å²) in [5.41, 5.74) is 1.81. The molecule has 0 radical (unpaired) electrons. The van der Waals surface area contributed by atoms with Crippen LogP contribution < -0.4 is 0 Å². The minimum atomic E-state index is 0.378. The van der Waals surface area contributed by atoms with E-state index in [4.69, 9.17) is 0 Å². The summed E-state index contributed by atoms with van der Waals surface area (Å²) in [6, 6.07) is 0. The topological polar surface area (TPSA) is 38.0 Å². The zero-order chi connectivity index (χ0) is 10.7. The van der Waals surface area contributed by atoms with Gasteiger partial charge in [-0.3, -0.25) is 4.68 Å². The van der Waals surface area contributed by atoms with Gasteiger partial charge in [-0.05, 0) is 19.8 Å². The van der Waals surface area contributed by atoms with Gasteiger partial charge < -0.3 is 5.11 Å². The van der Waals surface area contributed by atoms with Crippen LogP contribution in [-0.2, 0) is 13.0 Å². The number of aromatic hydroxyl groups is 1. The van der Waals surface area contributed by atoms with Gasteiger partial charge in [0.15, 0.2) is 5.75 Å². The number of nitrogens with zero attached hydrogens (tertiary/aromatic N) is 2. The Hall–Kier alpha value is -0.990. The van der Waals surface area contributed by atoms with Crippen molar-refractivity contribution in [3.05, 3.63) is 11.4 Å². The Labute approximate surface area is 85.8 Å². The molecule has 14 heavy (non-hydrogen) atoms. The molecule has 0 saturated heterocycles. The van der Waals surface area contributed by atoms with E-state index < -0.39 is 0 Å². The number of aromatic nitrogens is 2. The lowest BCUT2D eigenvalue weighted by Gasteiger charge is -2.10. The first-order valence-corrected chi connectivity index (χ1v) is 5.44. The van der Waals surface area contributed by atoms with Crippen molar-refractivity contribution in [3.63, 3.8) is 0 Å². The van der Waals surface area contributed by atoms with Gasteiger partial charge in [-0.15, -0.1) is 0 Å². The lowest BCUT2D eigenvalue weighted by Crippen LogP contribution is -2.05. The highest BCUT2D eigenvalue weighted by Gasteiger charge is 2.18. The quantitative estimate of drug-likeness (QED) is 0.804. The van der Waals surface area contributed by atoms with Crippen molar-refractivity contribution < 1.29 is 5.11 Å². The van der Waals surface area contributed by atoms with E-state index in [9.17, 15) is 5.11 Å². The highest BCUT2D eigenvalue weighted by molar-refractivity contribution is 5.34. The summed E-state index contributed by atoms with van der Waals surface area (Å²) in [6.07, 6.45) is 1.82. The molecule has 1 aromatic heterocycles. The van der Waals surface area contributed by atoms with E-state index in [1.165, 1.54) is 0 Å². The summed E-state index contributed by atoms with van der Waals surface area (Å²) in [4.78, 5) is 0. The fourth-order valence-electron chi connectivity index (χ4n) is 1.68. The van der Waals surface area contributed by atoms with Crippen molar-refractivity contribution >= 4 is 0 Å². The Morgan fingerprint density at radius 1 is 1.36 bits per heavy atom. The minimum absolute atomic E-state index is 0.378. The van der Waals surface area contributed by atoms with Crippen LogP contribution in [0.3, 0.4) is 0 Å². The molecule has 1 atom stereocenters. The van der Waals surface area contributed by atoms with Gasteiger partial charge in [0.25, 0.3) is 0 Å². The third kappa shape index (κ3) is 1.76. The van der Waals surface area contributed by atoms with Crippen LogP contribution in [0.15, 0.2) is 0 Å². The van der Waals surface area contributed by atoms with Gasteiger partial charge in [0.2, 0.25) is 0 Å². The molecule has 0 aromatic carbocycles.